The summed E-state index contributed by atoms with van der Waals surface area (Å²) in [5.41, 5.74) is -0.572. The van der Waals surface area contributed by atoms with E-state index in [2.05, 4.69) is 73.2 Å². The first kappa shape index (κ1) is 31.2. The van der Waals surface area contributed by atoms with Crippen LogP contribution in [0.2, 0.25) is 0 Å². The largest absolute Gasteiger partial charge is 0.462 e. The number of nitrogens with zero attached hydrogens (tertiary/aromatic N) is 2. The molecule has 204 valence electrons. The van der Waals surface area contributed by atoms with Gasteiger partial charge in [-0.1, -0.05) is 20.8 Å². The van der Waals surface area contributed by atoms with Crippen LogP contribution >= 0.6 is 31.2 Å². The van der Waals surface area contributed by atoms with Crippen LogP contribution in [-0.4, -0.2) is 61.1 Å². The molecule has 2 aliphatic rings. The zero-order valence-electron chi connectivity index (χ0n) is 23.8. The Balaban J connectivity index is 2.11. The zero-order chi connectivity index (χ0) is 27.0. The molecule has 0 aliphatic carbocycles. The lowest BCUT2D eigenvalue weighted by atomic mass is 9.80. The van der Waals surface area contributed by atoms with Gasteiger partial charge in [0.15, 0.2) is 0 Å². The number of carbonyl (C=O) groups is 2. The SMILES string of the molecule is CC(C)C(=O)OC1CC(C)(C)N(SSN2C(C)(C)CC(OC(=O)C(C)CP)CC2(C)C)C(C)(C)C1. The molecule has 0 N–H and O–H groups in total. The van der Waals surface area contributed by atoms with Gasteiger partial charge in [0.25, 0.3) is 0 Å². The number of piperidine rings is 2. The fourth-order valence-corrected chi connectivity index (χ4v) is 9.91. The van der Waals surface area contributed by atoms with Crippen LogP contribution in [-0.2, 0) is 19.1 Å². The Morgan fingerprint density at radius 2 is 1.06 bits per heavy atom. The zero-order valence-corrected chi connectivity index (χ0v) is 26.6. The van der Waals surface area contributed by atoms with E-state index in [1.807, 2.05) is 20.8 Å². The van der Waals surface area contributed by atoms with Gasteiger partial charge in [-0.25, -0.2) is 8.61 Å². The van der Waals surface area contributed by atoms with Gasteiger partial charge in [-0.2, -0.15) is 0 Å². The number of rotatable bonds is 8. The van der Waals surface area contributed by atoms with Crippen molar-refractivity contribution in [3.8, 4) is 0 Å². The molecule has 6 nitrogen and oxygen atoms in total. The van der Waals surface area contributed by atoms with Gasteiger partial charge in [0.05, 0.1) is 11.8 Å². The third-order valence-electron chi connectivity index (χ3n) is 7.08. The van der Waals surface area contributed by atoms with Crippen LogP contribution in [0.5, 0.6) is 0 Å². The molecule has 0 aromatic carbocycles. The van der Waals surface area contributed by atoms with E-state index in [1.54, 1.807) is 22.0 Å². The molecule has 2 heterocycles. The number of carbonyl (C=O) groups excluding carboxylic acids is 2. The first-order valence-corrected chi connectivity index (χ1v) is 15.8. The van der Waals surface area contributed by atoms with Gasteiger partial charge in [-0.15, -0.1) is 9.24 Å². The summed E-state index contributed by atoms with van der Waals surface area (Å²) in [5.74, 6) is -0.422. The average Bonchev–Trinajstić information content (AvgIpc) is 2.66. The second-order valence-corrected chi connectivity index (χ2v) is 15.6. The summed E-state index contributed by atoms with van der Waals surface area (Å²) in [4.78, 5) is 24.7. The van der Waals surface area contributed by atoms with Crippen molar-refractivity contribution in [2.75, 3.05) is 6.16 Å². The maximum absolute atomic E-state index is 12.5. The molecule has 2 unspecified atom stereocenters. The summed E-state index contributed by atoms with van der Waals surface area (Å²) >= 11 is 0. The average molecular weight is 549 g/mol. The summed E-state index contributed by atoms with van der Waals surface area (Å²) in [6.07, 6.45) is 3.79. The first-order chi connectivity index (χ1) is 15.8. The van der Waals surface area contributed by atoms with Crippen molar-refractivity contribution < 1.29 is 19.1 Å². The molecule has 0 aromatic rings. The Labute approximate surface area is 224 Å². The van der Waals surface area contributed by atoms with Crippen molar-refractivity contribution in [3.63, 3.8) is 0 Å². The Morgan fingerprint density at radius 1 is 0.743 bits per heavy atom. The summed E-state index contributed by atoms with van der Waals surface area (Å²) in [7, 11) is 6.23. The highest BCUT2D eigenvalue weighted by molar-refractivity contribution is 8.74. The van der Waals surface area contributed by atoms with Gasteiger partial charge >= 0.3 is 11.9 Å². The van der Waals surface area contributed by atoms with Crippen molar-refractivity contribution in [2.24, 2.45) is 11.8 Å². The molecule has 2 rings (SSSR count). The molecule has 0 amide bonds. The normalized spacial score (nSPS) is 25.9. The third-order valence-corrected chi connectivity index (χ3v) is 11.2. The lowest BCUT2D eigenvalue weighted by Gasteiger charge is -2.56. The van der Waals surface area contributed by atoms with Gasteiger partial charge in [0, 0.05) is 69.8 Å². The number of hydrogen-bond acceptors (Lipinski definition) is 8. The Hall–Kier alpha value is -0.0100. The van der Waals surface area contributed by atoms with E-state index in [0.717, 1.165) is 31.8 Å². The molecule has 35 heavy (non-hydrogen) atoms. The lowest BCUT2D eigenvalue weighted by molar-refractivity contribution is -0.160. The third kappa shape index (κ3) is 7.75. The van der Waals surface area contributed by atoms with Crippen LogP contribution in [0.3, 0.4) is 0 Å². The highest BCUT2D eigenvalue weighted by Gasteiger charge is 2.51. The fraction of sp³-hybridized carbons (Fsp3) is 0.923. The van der Waals surface area contributed by atoms with Crippen molar-refractivity contribution in [1.82, 2.24) is 8.61 Å². The Morgan fingerprint density at radius 3 is 1.34 bits per heavy atom. The minimum absolute atomic E-state index is 0.0704. The highest BCUT2D eigenvalue weighted by Crippen LogP contribution is 2.53. The molecule has 0 radical (unpaired) electrons. The fourth-order valence-electron chi connectivity index (χ4n) is 5.66. The van der Waals surface area contributed by atoms with Crippen LogP contribution in [0.15, 0.2) is 0 Å². The second kappa shape index (κ2) is 11.4. The van der Waals surface area contributed by atoms with E-state index in [0.29, 0.717) is 0 Å². The standard InChI is InChI=1S/C26H49N2O4PS2/c1-17(2)21(29)31-19-12-23(4,5)27(24(6,7)13-19)34-35-28-25(8,9)14-20(15-26(28,10)11)32-22(30)18(3)16-33/h17-20H,12-16,33H2,1-11H3. The predicted molar refractivity (Wildman–Crippen MR) is 152 cm³/mol. The second-order valence-electron chi connectivity index (χ2n) is 13.2. The maximum Gasteiger partial charge on any atom is 0.309 e. The quantitative estimate of drug-likeness (QED) is 0.148. The van der Waals surface area contributed by atoms with Crippen molar-refractivity contribution >= 4 is 43.1 Å². The van der Waals surface area contributed by atoms with Gasteiger partial charge in [0.2, 0.25) is 0 Å². The van der Waals surface area contributed by atoms with Crippen molar-refractivity contribution in [1.29, 1.82) is 0 Å². The van der Waals surface area contributed by atoms with Gasteiger partial charge in [0.1, 0.15) is 12.2 Å². The van der Waals surface area contributed by atoms with E-state index in [1.165, 1.54) is 0 Å². The smallest absolute Gasteiger partial charge is 0.309 e. The summed E-state index contributed by atoms with van der Waals surface area (Å²) in [6, 6.07) is 0. The molecule has 0 spiro atoms. The molecule has 0 saturated carbocycles. The summed E-state index contributed by atoms with van der Waals surface area (Å²) in [6.45, 7) is 23.6. The van der Waals surface area contributed by atoms with E-state index >= 15 is 0 Å². The number of esters is 2. The van der Waals surface area contributed by atoms with Crippen molar-refractivity contribution in [3.05, 3.63) is 0 Å². The molecule has 9 heteroatoms. The topological polar surface area (TPSA) is 59.1 Å². The summed E-state index contributed by atoms with van der Waals surface area (Å²) < 4.78 is 16.8. The van der Waals surface area contributed by atoms with Crippen LogP contribution in [0.25, 0.3) is 0 Å². The highest BCUT2D eigenvalue weighted by atomic mass is 33.1. The molecule has 2 atom stereocenters. The van der Waals surface area contributed by atoms with E-state index < -0.39 is 0 Å². The van der Waals surface area contributed by atoms with Gasteiger partial charge in [-0.05, 0) is 61.6 Å². The van der Waals surface area contributed by atoms with Crippen LogP contribution in [0.1, 0.15) is 102 Å². The molecule has 2 fully saturated rings. The Kier molecular flexibility index (Phi) is 10.2. The van der Waals surface area contributed by atoms with E-state index in [-0.39, 0.29) is 58.1 Å². The molecule has 2 aliphatic heterocycles. The minimum atomic E-state index is -0.145. The van der Waals surface area contributed by atoms with E-state index in [4.69, 9.17) is 9.47 Å². The summed E-state index contributed by atoms with van der Waals surface area (Å²) in [5, 5.41) is 0. The van der Waals surface area contributed by atoms with Crippen LogP contribution in [0.4, 0.5) is 0 Å². The molecular formula is C26H49N2O4PS2. The monoisotopic (exact) mass is 548 g/mol. The van der Waals surface area contributed by atoms with Crippen LogP contribution < -0.4 is 0 Å². The number of hydrogen-bond donors (Lipinski definition) is 0. The lowest BCUT2D eigenvalue weighted by Crippen LogP contribution is -2.61. The Bertz CT molecular complexity index is 736. The maximum atomic E-state index is 12.5. The van der Waals surface area contributed by atoms with Crippen molar-refractivity contribution in [2.45, 2.75) is 136 Å². The minimum Gasteiger partial charge on any atom is -0.462 e. The van der Waals surface area contributed by atoms with Crippen LogP contribution in [0, 0.1) is 11.8 Å². The number of ether oxygens (including phenoxy) is 2. The molecule has 0 bridgehead atoms. The molecule has 0 aromatic heterocycles. The first-order valence-electron chi connectivity index (χ1n) is 12.9. The van der Waals surface area contributed by atoms with Gasteiger partial charge in [-0.3, -0.25) is 9.59 Å². The predicted octanol–water partition coefficient (Wildman–Crippen LogP) is 6.49. The van der Waals surface area contributed by atoms with Gasteiger partial charge < -0.3 is 9.47 Å². The van der Waals surface area contributed by atoms with E-state index in [9.17, 15) is 9.59 Å². The molecule has 2 saturated heterocycles. The molecular weight excluding hydrogens is 499 g/mol.